The minimum Gasteiger partial charge on any atom is -0.365 e. The van der Waals surface area contributed by atoms with Crippen molar-refractivity contribution in [2.45, 2.75) is 6.42 Å². The van der Waals surface area contributed by atoms with Crippen molar-refractivity contribution in [1.29, 1.82) is 0 Å². The van der Waals surface area contributed by atoms with Crippen LogP contribution in [-0.4, -0.2) is 31.2 Å². The number of H-pyrrole nitrogens is 1. The van der Waals surface area contributed by atoms with Crippen LogP contribution in [0.4, 0.5) is 0 Å². The normalized spacial score (nSPS) is 15.4. The van der Waals surface area contributed by atoms with Gasteiger partial charge in [-0.2, -0.15) is 0 Å². The van der Waals surface area contributed by atoms with E-state index in [1.54, 1.807) is 0 Å². The fourth-order valence-electron chi connectivity index (χ4n) is 1.25. The molecule has 0 bridgehead atoms. The zero-order valence-electron chi connectivity index (χ0n) is 8.55. The molecule has 2 rings (SSSR count). The summed E-state index contributed by atoms with van der Waals surface area (Å²) < 4.78 is 0. The van der Waals surface area contributed by atoms with E-state index < -0.39 is 0 Å². The maximum absolute atomic E-state index is 3.62. The first-order chi connectivity index (χ1) is 6.93. The average molecular weight is 193 g/mol. The zero-order chi connectivity index (χ0) is 10.1. The number of aromatic amines is 1. The van der Waals surface area contributed by atoms with Crippen LogP contribution in [0.15, 0.2) is 31.0 Å². The van der Waals surface area contributed by atoms with E-state index in [-0.39, 0.29) is 0 Å². The van der Waals surface area contributed by atoms with Gasteiger partial charge >= 0.3 is 0 Å². The number of piperazine rings is 1. The largest absolute Gasteiger partial charge is 0.365 e. The first-order valence-corrected chi connectivity index (χ1v) is 5.08. The highest BCUT2D eigenvalue weighted by molar-refractivity contribution is 5.06. The van der Waals surface area contributed by atoms with Gasteiger partial charge in [-0.25, -0.2) is 0 Å². The highest BCUT2D eigenvalue weighted by atomic mass is 15.0. The van der Waals surface area contributed by atoms with Gasteiger partial charge < -0.3 is 15.6 Å². The van der Waals surface area contributed by atoms with E-state index in [0.717, 1.165) is 32.6 Å². The topological polar surface area (TPSA) is 39.8 Å². The van der Waals surface area contributed by atoms with Gasteiger partial charge in [0.05, 0.1) is 0 Å². The Morgan fingerprint density at radius 1 is 1.21 bits per heavy atom. The van der Waals surface area contributed by atoms with Gasteiger partial charge in [-0.05, 0) is 12.1 Å². The van der Waals surface area contributed by atoms with Gasteiger partial charge in [0.1, 0.15) is 0 Å². The van der Waals surface area contributed by atoms with Gasteiger partial charge in [0.15, 0.2) is 0 Å². The van der Waals surface area contributed by atoms with E-state index in [0.29, 0.717) is 0 Å². The smallest absolute Gasteiger partial charge is 0.0185 e. The lowest BCUT2D eigenvalue weighted by atomic mass is 10.3. The summed E-state index contributed by atoms with van der Waals surface area (Å²) in [5.74, 6) is 0. The van der Waals surface area contributed by atoms with Crippen LogP contribution in [-0.2, 0) is 6.42 Å². The lowest BCUT2D eigenvalue weighted by molar-refractivity contribution is 0.534. The Labute approximate surface area is 85.6 Å². The molecule has 2 heterocycles. The predicted molar refractivity (Wildman–Crippen MR) is 60.4 cm³/mol. The van der Waals surface area contributed by atoms with E-state index in [4.69, 9.17) is 0 Å². The average Bonchev–Trinajstić information content (AvgIpc) is 2.75. The monoisotopic (exact) mass is 193 g/mol. The van der Waals surface area contributed by atoms with Crippen molar-refractivity contribution in [3.05, 3.63) is 36.7 Å². The summed E-state index contributed by atoms with van der Waals surface area (Å²) in [6, 6.07) is 4.03. The number of hydrogen-bond acceptors (Lipinski definition) is 2. The molecule has 3 nitrogen and oxygen atoms in total. The minimum atomic E-state index is 0.938. The zero-order valence-corrected chi connectivity index (χ0v) is 8.55. The summed E-state index contributed by atoms with van der Waals surface area (Å²) in [5.41, 5.74) is 1.22. The van der Waals surface area contributed by atoms with E-state index in [9.17, 15) is 0 Å². The quantitative estimate of drug-likeness (QED) is 0.611. The summed E-state index contributed by atoms with van der Waals surface area (Å²) in [6.45, 7) is 8.17. The third-order valence-electron chi connectivity index (χ3n) is 1.98. The van der Waals surface area contributed by atoms with Gasteiger partial charge in [0.25, 0.3) is 0 Å². The Balaban J connectivity index is 0.000000146. The second-order valence-electron chi connectivity index (χ2n) is 3.19. The number of hydrogen-bond donors (Lipinski definition) is 3. The molecular weight excluding hydrogens is 174 g/mol. The van der Waals surface area contributed by atoms with E-state index in [1.807, 2.05) is 24.4 Å². The third-order valence-corrected chi connectivity index (χ3v) is 1.98. The fourth-order valence-corrected chi connectivity index (χ4v) is 1.25. The van der Waals surface area contributed by atoms with E-state index >= 15 is 0 Å². The molecule has 0 unspecified atom stereocenters. The van der Waals surface area contributed by atoms with Gasteiger partial charge in [-0.1, -0.05) is 6.08 Å². The summed E-state index contributed by atoms with van der Waals surface area (Å²) in [6.07, 6.45) is 4.73. The van der Waals surface area contributed by atoms with Crippen LogP contribution >= 0.6 is 0 Å². The van der Waals surface area contributed by atoms with Crippen molar-refractivity contribution in [1.82, 2.24) is 15.6 Å². The highest BCUT2D eigenvalue weighted by Crippen LogP contribution is 1.94. The van der Waals surface area contributed by atoms with Crippen molar-refractivity contribution in [2.24, 2.45) is 0 Å². The summed E-state index contributed by atoms with van der Waals surface area (Å²) in [5, 5.41) is 6.44. The van der Waals surface area contributed by atoms with Crippen LogP contribution in [0.25, 0.3) is 0 Å². The molecule has 1 fully saturated rings. The standard InChI is InChI=1S/C7H9N.C4H10N2/c1-2-4-7-5-3-6-8-7;1-2-6-4-3-5-1/h2-3,5-6,8H,1,4H2;5-6H,1-4H2. The molecule has 0 atom stereocenters. The molecule has 1 aromatic rings. The van der Waals surface area contributed by atoms with Crippen LogP contribution in [0, 0.1) is 0 Å². The van der Waals surface area contributed by atoms with Crippen molar-refractivity contribution in [2.75, 3.05) is 26.2 Å². The minimum absolute atomic E-state index is 0.938. The van der Waals surface area contributed by atoms with Gasteiger partial charge in [-0.3, -0.25) is 0 Å². The number of aromatic nitrogens is 1. The lowest BCUT2D eigenvalue weighted by Crippen LogP contribution is -2.39. The molecule has 0 saturated carbocycles. The Kier molecular flexibility index (Phi) is 5.79. The van der Waals surface area contributed by atoms with Crippen molar-refractivity contribution < 1.29 is 0 Å². The molecule has 3 N–H and O–H groups in total. The Morgan fingerprint density at radius 3 is 2.21 bits per heavy atom. The lowest BCUT2D eigenvalue weighted by Gasteiger charge is -2.11. The molecule has 0 aromatic carbocycles. The highest BCUT2D eigenvalue weighted by Gasteiger charge is 1.91. The second-order valence-corrected chi connectivity index (χ2v) is 3.19. The molecule has 1 aliphatic rings. The molecule has 1 saturated heterocycles. The molecule has 0 amide bonds. The molecular formula is C11H19N3. The van der Waals surface area contributed by atoms with Crippen LogP contribution in [0.1, 0.15) is 5.69 Å². The van der Waals surface area contributed by atoms with E-state index in [1.165, 1.54) is 5.69 Å². The van der Waals surface area contributed by atoms with Crippen LogP contribution in [0.2, 0.25) is 0 Å². The van der Waals surface area contributed by atoms with Crippen molar-refractivity contribution >= 4 is 0 Å². The van der Waals surface area contributed by atoms with Crippen LogP contribution in [0.3, 0.4) is 0 Å². The molecule has 14 heavy (non-hydrogen) atoms. The van der Waals surface area contributed by atoms with Crippen LogP contribution in [0.5, 0.6) is 0 Å². The van der Waals surface area contributed by atoms with Gasteiger partial charge in [-0.15, -0.1) is 6.58 Å². The molecule has 0 spiro atoms. The maximum Gasteiger partial charge on any atom is 0.0185 e. The first kappa shape index (κ1) is 11.0. The third kappa shape index (κ3) is 4.84. The second kappa shape index (κ2) is 7.35. The number of allylic oxidation sites excluding steroid dienone is 1. The van der Waals surface area contributed by atoms with Crippen molar-refractivity contribution in [3.8, 4) is 0 Å². The van der Waals surface area contributed by atoms with Crippen molar-refractivity contribution in [3.63, 3.8) is 0 Å². The summed E-state index contributed by atoms with van der Waals surface area (Å²) in [7, 11) is 0. The van der Waals surface area contributed by atoms with E-state index in [2.05, 4.69) is 22.2 Å². The first-order valence-electron chi connectivity index (χ1n) is 5.08. The summed E-state index contributed by atoms with van der Waals surface area (Å²) in [4.78, 5) is 3.07. The molecule has 1 aliphatic heterocycles. The Bertz CT molecular complexity index is 213. The number of rotatable bonds is 2. The van der Waals surface area contributed by atoms with Gasteiger partial charge in [0.2, 0.25) is 0 Å². The molecule has 0 aliphatic carbocycles. The predicted octanol–water partition coefficient (Wildman–Crippen LogP) is 0.922. The fraction of sp³-hybridized carbons (Fsp3) is 0.455. The van der Waals surface area contributed by atoms with Crippen LogP contribution < -0.4 is 10.6 Å². The maximum atomic E-state index is 3.62. The molecule has 0 radical (unpaired) electrons. The number of nitrogens with one attached hydrogen (secondary N) is 3. The SMILES string of the molecule is C1CNCCN1.C=CCc1ccc[nH]1. The summed E-state index contributed by atoms with van der Waals surface area (Å²) >= 11 is 0. The molecule has 3 heteroatoms. The molecule has 78 valence electrons. The van der Waals surface area contributed by atoms with Gasteiger partial charge in [0, 0.05) is 44.5 Å². The Morgan fingerprint density at radius 2 is 1.86 bits per heavy atom. The Hall–Kier alpha value is -1.06. The molecule has 1 aromatic heterocycles.